The Balaban J connectivity index is 2.65. The molecule has 0 amide bonds. The van der Waals surface area contributed by atoms with Crippen LogP contribution in [0, 0.1) is 3.57 Å². The van der Waals surface area contributed by atoms with E-state index in [1.807, 2.05) is 0 Å². The predicted molar refractivity (Wildman–Crippen MR) is 74.7 cm³/mol. The molecule has 0 saturated carbocycles. The highest BCUT2D eigenvalue weighted by Crippen LogP contribution is 2.25. The van der Waals surface area contributed by atoms with Gasteiger partial charge in [-0.3, -0.25) is 4.79 Å². The molecule has 17 heavy (non-hydrogen) atoms. The standard InChI is InChI=1S/C10H5Cl2IN2O2/c11-5-1-4(2-6(12)3-5)8-14-9(16)7(13)10(17)15-8/h1-3H,(H2,14,15,16,17). The maximum Gasteiger partial charge on any atom is 0.268 e. The molecule has 2 N–H and O–H groups in total. The SMILES string of the molecule is O=c1[nH]c(-c2cc(Cl)cc(Cl)c2)nc(O)c1I. The summed E-state index contributed by atoms with van der Waals surface area (Å²) in [6.07, 6.45) is 0. The molecule has 2 rings (SSSR count). The number of halogens is 3. The molecule has 1 heterocycles. The molecule has 0 unspecified atom stereocenters. The van der Waals surface area contributed by atoms with Crippen molar-refractivity contribution in [2.45, 2.75) is 0 Å². The lowest BCUT2D eigenvalue weighted by molar-refractivity contribution is 0.447. The quantitative estimate of drug-likeness (QED) is 0.745. The third-order valence-electron chi connectivity index (χ3n) is 1.98. The maximum absolute atomic E-state index is 11.5. The second-order valence-electron chi connectivity index (χ2n) is 3.21. The van der Waals surface area contributed by atoms with Gasteiger partial charge >= 0.3 is 0 Å². The molecule has 2 aromatic rings. The van der Waals surface area contributed by atoms with E-state index >= 15 is 0 Å². The number of H-pyrrole nitrogens is 1. The van der Waals surface area contributed by atoms with Crippen molar-refractivity contribution >= 4 is 45.8 Å². The lowest BCUT2D eigenvalue weighted by Gasteiger charge is -2.04. The van der Waals surface area contributed by atoms with Crippen LogP contribution < -0.4 is 5.56 Å². The Hall–Kier alpha value is -0.790. The highest BCUT2D eigenvalue weighted by atomic mass is 127. The average Bonchev–Trinajstić information content (AvgIpc) is 2.23. The molecule has 1 aromatic heterocycles. The van der Waals surface area contributed by atoms with Gasteiger partial charge in [0, 0.05) is 15.6 Å². The van der Waals surface area contributed by atoms with E-state index < -0.39 is 5.56 Å². The second-order valence-corrected chi connectivity index (χ2v) is 5.16. The number of nitrogens with one attached hydrogen (secondary N) is 1. The van der Waals surface area contributed by atoms with Crippen molar-refractivity contribution < 1.29 is 5.11 Å². The molecule has 7 heteroatoms. The highest BCUT2D eigenvalue weighted by Gasteiger charge is 2.10. The molecular formula is C10H5Cl2IN2O2. The molecule has 0 bridgehead atoms. The summed E-state index contributed by atoms with van der Waals surface area (Å²) in [5.41, 5.74) is 0.121. The molecule has 0 aliphatic rings. The molecular weight excluding hydrogens is 378 g/mol. The third kappa shape index (κ3) is 2.72. The summed E-state index contributed by atoms with van der Waals surface area (Å²) >= 11 is 13.4. The molecule has 0 atom stereocenters. The minimum absolute atomic E-state index is 0.138. The van der Waals surface area contributed by atoms with E-state index in [0.717, 1.165) is 0 Å². The fourth-order valence-electron chi connectivity index (χ4n) is 1.27. The van der Waals surface area contributed by atoms with Crippen LogP contribution in [0.1, 0.15) is 0 Å². The number of hydrogen-bond acceptors (Lipinski definition) is 3. The van der Waals surface area contributed by atoms with E-state index in [9.17, 15) is 9.90 Å². The van der Waals surface area contributed by atoms with E-state index in [1.54, 1.807) is 40.8 Å². The zero-order valence-electron chi connectivity index (χ0n) is 8.17. The number of hydrogen-bond donors (Lipinski definition) is 2. The summed E-state index contributed by atoms with van der Waals surface area (Å²) in [7, 11) is 0. The molecule has 1 aromatic carbocycles. The first-order valence-electron chi connectivity index (χ1n) is 4.42. The van der Waals surface area contributed by atoms with E-state index in [1.165, 1.54) is 0 Å². The Bertz CT molecular complexity index is 622. The van der Waals surface area contributed by atoms with Gasteiger partial charge in [0.1, 0.15) is 9.39 Å². The molecule has 0 aliphatic carbocycles. The topological polar surface area (TPSA) is 66.0 Å². The van der Waals surface area contributed by atoms with Crippen LogP contribution in [-0.4, -0.2) is 15.1 Å². The van der Waals surface area contributed by atoms with Crippen molar-refractivity contribution in [1.82, 2.24) is 9.97 Å². The summed E-state index contributed by atoms with van der Waals surface area (Å²) < 4.78 is 0.138. The van der Waals surface area contributed by atoms with Crippen LogP contribution in [0.2, 0.25) is 10.0 Å². The summed E-state index contributed by atoms with van der Waals surface area (Å²) in [6, 6.07) is 4.76. The number of rotatable bonds is 1. The minimum atomic E-state index is -0.413. The van der Waals surface area contributed by atoms with Gasteiger partial charge in [-0.15, -0.1) is 0 Å². The molecule has 88 valence electrons. The lowest BCUT2D eigenvalue weighted by atomic mass is 10.2. The largest absolute Gasteiger partial charge is 0.492 e. The first kappa shape index (κ1) is 12.7. The van der Waals surface area contributed by atoms with Crippen LogP contribution in [0.15, 0.2) is 23.0 Å². The summed E-state index contributed by atoms with van der Waals surface area (Å²) in [6.45, 7) is 0. The van der Waals surface area contributed by atoms with Crippen molar-refractivity contribution in [3.8, 4) is 17.3 Å². The Morgan fingerprint density at radius 3 is 2.35 bits per heavy atom. The number of aromatic nitrogens is 2. The van der Waals surface area contributed by atoms with E-state index in [4.69, 9.17) is 23.2 Å². The van der Waals surface area contributed by atoms with Crippen LogP contribution >= 0.6 is 45.8 Å². The number of benzene rings is 1. The number of aromatic amines is 1. The summed E-state index contributed by atoms with van der Waals surface area (Å²) in [4.78, 5) is 17.9. The Kier molecular flexibility index (Phi) is 3.60. The summed E-state index contributed by atoms with van der Waals surface area (Å²) in [5, 5.41) is 10.3. The number of nitrogens with zero attached hydrogens (tertiary/aromatic N) is 1. The fourth-order valence-corrected chi connectivity index (χ4v) is 2.06. The monoisotopic (exact) mass is 382 g/mol. The Morgan fingerprint density at radius 2 is 1.82 bits per heavy atom. The predicted octanol–water partition coefficient (Wildman–Crippen LogP) is 3.05. The normalized spacial score (nSPS) is 10.5. The van der Waals surface area contributed by atoms with Gasteiger partial charge in [0.15, 0.2) is 0 Å². The molecule has 0 fully saturated rings. The molecule has 4 nitrogen and oxygen atoms in total. The van der Waals surface area contributed by atoms with Gasteiger partial charge in [-0.25, -0.2) is 0 Å². The van der Waals surface area contributed by atoms with Gasteiger partial charge in [0.2, 0.25) is 5.88 Å². The molecule has 0 aliphatic heterocycles. The average molecular weight is 383 g/mol. The van der Waals surface area contributed by atoms with Crippen LogP contribution in [0.3, 0.4) is 0 Å². The first-order chi connectivity index (χ1) is 7.97. The minimum Gasteiger partial charge on any atom is -0.492 e. The number of aromatic hydroxyl groups is 1. The van der Waals surface area contributed by atoms with Crippen molar-refractivity contribution in [3.05, 3.63) is 42.2 Å². The van der Waals surface area contributed by atoms with Crippen molar-refractivity contribution in [1.29, 1.82) is 0 Å². The highest BCUT2D eigenvalue weighted by molar-refractivity contribution is 14.1. The Labute approximate surface area is 120 Å². The molecule has 0 radical (unpaired) electrons. The first-order valence-corrected chi connectivity index (χ1v) is 6.26. The molecule has 0 spiro atoms. The van der Waals surface area contributed by atoms with Gasteiger partial charge in [-0.1, -0.05) is 23.2 Å². The smallest absolute Gasteiger partial charge is 0.268 e. The van der Waals surface area contributed by atoms with Crippen LogP contribution in [0.25, 0.3) is 11.4 Å². The van der Waals surface area contributed by atoms with Crippen molar-refractivity contribution in [3.63, 3.8) is 0 Å². The van der Waals surface area contributed by atoms with Gasteiger partial charge in [-0.05, 0) is 40.8 Å². The fraction of sp³-hybridized carbons (Fsp3) is 0. The van der Waals surface area contributed by atoms with E-state index in [2.05, 4.69) is 9.97 Å². The van der Waals surface area contributed by atoms with Crippen molar-refractivity contribution in [2.24, 2.45) is 0 Å². The maximum atomic E-state index is 11.5. The lowest BCUT2D eigenvalue weighted by Crippen LogP contribution is -2.12. The second kappa shape index (κ2) is 4.83. The van der Waals surface area contributed by atoms with Crippen LogP contribution in [0.4, 0.5) is 0 Å². The zero-order chi connectivity index (χ0) is 12.6. The van der Waals surface area contributed by atoms with Gasteiger partial charge in [-0.2, -0.15) is 4.98 Å². The third-order valence-corrected chi connectivity index (χ3v) is 3.39. The molecule has 0 saturated heterocycles. The van der Waals surface area contributed by atoms with Gasteiger partial charge < -0.3 is 10.1 Å². The Morgan fingerprint density at radius 1 is 1.24 bits per heavy atom. The van der Waals surface area contributed by atoms with Crippen LogP contribution in [-0.2, 0) is 0 Å². The van der Waals surface area contributed by atoms with Gasteiger partial charge in [0.05, 0.1) is 0 Å². The van der Waals surface area contributed by atoms with E-state index in [0.29, 0.717) is 15.6 Å². The van der Waals surface area contributed by atoms with Crippen LogP contribution in [0.5, 0.6) is 5.88 Å². The van der Waals surface area contributed by atoms with E-state index in [-0.39, 0.29) is 15.3 Å². The van der Waals surface area contributed by atoms with Crippen molar-refractivity contribution in [2.75, 3.05) is 0 Å². The van der Waals surface area contributed by atoms with Gasteiger partial charge in [0.25, 0.3) is 5.56 Å². The summed E-state index contributed by atoms with van der Waals surface area (Å²) in [5.74, 6) is -0.0993. The zero-order valence-corrected chi connectivity index (χ0v) is 11.8.